The smallest absolute Gasteiger partial charge is 0.151 e. The van der Waals surface area contributed by atoms with Crippen molar-refractivity contribution in [2.75, 3.05) is 5.32 Å². The molecule has 3 aromatic heterocycles. The van der Waals surface area contributed by atoms with E-state index in [4.69, 9.17) is 4.98 Å². The van der Waals surface area contributed by atoms with Gasteiger partial charge in [0.15, 0.2) is 5.65 Å². The van der Waals surface area contributed by atoms with Crippen molar-refractivity contribution in [2.24, 2.45) is 0 Å². The lowest BCUT2D eigenvalue weighted by molar-refractivity contribution is 0.803. The van der Waals surface area contributed by atoms with E-state index in [1.54, 1.807) is 0 Å². The van der Waals surface area contributed by atoms with E-state index in [1.807, 2.05) is 30.8 Å². The molecular weight excluding hydrogens is 285 g/mol. The Labute approximate surface area is 135 Å². The molecule has 6 heteroatoms. The molecule has 3 aromatic rings. The number of allylic oxidation sites excluding steroid dienone is 4. The van der Waals surface area contributed by atoms with Crippen LogP contribution in [0.2, 0.25) is 0 Å². The van der Waals surface area contributed by atoms with Crippen molar-refractivity contribution in [1.82, 2.24) is 19.6 Å². The fraction of sp³-hybridized carbons (Fsp3) is 0.176. The predicted octanol–water partition coefficient (Wildman–Crippen LogP) is 1.53. The Hall–Kier alpha value is -2.76. The zero-order valence-electron chi connectivity index (χ0n) is 13.0. The van der Waals surface area contributed by atoms with Gasteiger partial charge in [-0.05, 0) is 24.0 Å². The Morgan fingerprint density at radius 1 is 1.39 bits per heavy atom. The molecule has 5 nitrogen and oxygen atoms in total. The highest BCUT2D eigenvalue weighted by molar-refractivity contribution is 6.36. The normalized spacial score (nSPS) is 17.0. The molecule has 0 radical (unpaired) electrons. The Morgan fingerprint density at radius 2 is 2.35 bits per heavy atom. The van der Waals surface area contributed by atoms with Crippen molar-refractivity contribution in [3.63, 3.8) is 0 Å². The molecule has 0 amide bonds. The number of aromatic amines is 1. The summed E-state index contributed by atoms with van der Waals surface area (Å²) in [7, 11) is 2.05. The topological polar surface area (TPSA) is 58.0 Å². The van der Waals surface area contributed by atoms with Gasteiger partial charge < -0.3 is 10.3 Å². The van der Waals surface area contributed by atoms with Crippen LogP contribution in [0.25, 0.3) is 5.65 Å². The third-order valence-corrected chi connectivity index (χ3v) is 4.15. The summed E-state index contributed by atoms with van der Waals surface area (Å²) in [5, 5.41) is 7.92. The number of rotatable bonds is 4. The van der Waals surface area contributed by atoms with Crippen LogP contribution < -0.4 is 10.8 Å². The van der Waals surface area contributed by atoms with E-state index in [0.29, 0.717) is 5.92 Å². The monoisotopic (exact) mass is 303 g/mol. The summed E-state index contributed by atoms with van der Waals surface area (Å²) in [6.07, 6.45) is 13.4. The Balaban J connectivity index is 1.72. The molecule has 1 unspecified atom stereocenters. The van der Waals surface area contributed by atoms with Crippen LogP contribution in [0.4, 0.5) is 5.82 Å². The van der Waals surface area contributed by atoms with Crippen LogP contribution in [0.15, 0.2) is 54.9 Å². The molecular formula is C17H18BN5. The van der Waals surface area contributed by atoms with E-state index in [1.165, 1.54) is 0 Å². The minimum absolute atomic E-state index is 0.324. The van der Waals surface area contributed by atoms with Gasteiger partial charge in [-0.3, -0.25) is 0 Å². The van der Waals surface area contributed by atoms with Crippen LogP contribution in [0, 0.1) is 0 Å². The number of H-pyrrole nitrogens is 1. The molecule has 114 valence electrons. The Kier molecular flexibility index (Phi) is 3.50. The number of fused-ring (bicyclic) bond motifs is 1. The van der Waals surface area contributed by atoms with Gasteiger partial charge in [-0.15, -0.1) is 0 Å². The summed E-state index contributed by atoms with van der Waals surface area (Å²) in [5.74, 6) is 1.29. The maximum Gasteiger partial charge on any atom is 0.151 e. The molecule has 1 aliphatic carbocycles. The zero-order chi connectivity index (χ0) is 15.6. The lowest BCUT2D eigenvalue weighted by atomic mass is 9.96. The molecule has 0 saturated carbocycles. The minimum Gasteiger partial charge on any atom is -0.364 e. The number of aromatic nitrogens is 4. The van der Waals surface area contributed by atoms with E-state index >= 15 is 0 Å². The van der Waals surface area contributed by atoms with Crippen LogP contribution >= 0.6 is 0 Å². The number of anilines is 1. The van der Waals surface area contributed by atoms with Crippen molar-refractivity contribution < 1.29 is 0 Å². The third kappa shape index (κ3) is 2.68. The van der Waals surface area contributed by atoms with E-state index in [2.05, 4.69) is 51.8 Å². The molecule has 0 aliphatic heterocycles. The van der Waals surface area contributed by atoms with Crippen LogP contribution in [0.3, 0.4) is 0 Å². The van der Waals surface area contributed by atoms with Gasteiger partial charge in [0, 0.05) is 30.1 Å². The largest absolute Gasteiger partial charge is 0.364 e. The quantitative estimate of drug-likeness (QED) is 0.719. The molecule has 0 spiro atoms. The van der Waals surface area contributed by atoms with E-state index < -0.39 is 0 Å². The highest BCUT2D eigenvalue weighted by Crippen LogP contribution is 2.25. The Morgan fingerprint density at radius 3 is 3.13 bits per heavy atom. The van der Waals surface area contributed by atoms with Crippen molar-refractivity contribution in [3.8, 4) is 0 Å². The van der Waals surface area contributed by atoms with Gasteiger partial charge in [-0.2, -0.15) is 9.61 Å². The van der Waals surface area contributed by atoms with Crippen molar-refractivity contribution >= 4 is 24.8 Å². The summed E-state index contributed by atoms with van der Waals surface area (Å²) in [6.45, 7) is 0.727. The number of nitrogens with one attached hydrogen (secondary N) is 2. The zero-order valence-corrected chi connectivity index (χ0v) is 13.0. The molecule has 23 heavy (non-hydrogen) atoms. The van der Waals surface area contributed by atoms with Crippen LogP contribution in [-0.2, 0) is 6.54 Å². The summed E-state index contributed by atoms with van der Waals surface area (Å²) in [4.78, 5) is 8.04. The molecule has 3 heterocycles. The van der Waals surface area contributed by atoms with Gasteiger partial charge in [0.05, 0.1) is 12.2 Å². The first-order valence-electron chi connectivity index (χ1n) is 7.86. The van der Waals surface area contributed by atoms with Gasteiger partial charge in [0.1, 0.15) is 13.7 Å². The highest BCUT2D eigenvalue weighted by Gasteiger charge is 2.15. The average molecular weight is 303 g/mol. The van der Waals surface area contributed by atoms with Gasteiger partial charge in [0.2, 0.25) is 0 Å². The first-order chi connectivity index (χ1) is 11.3. The second kappa shape index (κ2) is 5.80. The van der Waals surface area contributed by atoms with Crippen molar-refractivity contribution in [2.45, 2.75) is 18.9 Å². The first-order valence-corrected chi connectivity index (χ1v) is 7.86. The molecule has 2 N–H and O–H groups in total. The summed E-state index contributed by atoms with van der Waals surface area (Å²) in [6, 6.07) is 6.17. The molecule has 4 rings (SSSR count). The average Bonchev–Trinajstić information content (AvgIpc) is 3.24. The van der Waals surface area contributed by atoms with Crippen molar-refractivity contribution in [1.29, 1.82) is 0 Å². The molecule has 0 fully saturated rings. The van der Waals surface area contributed by atoms with Crippen molar-refractivity contribution in [3.05, 3.63) is 66.3 Å². The Bertz CT molecular complexity index is 876. The lowest BCUT2D eigenvalue weighted by Crippen LogP contribution is -2.12. The van der Waals surface area contributed by atoms with E-state index in [0.717, 1.165) is 41.3 Å². The molecule has 0 aromatic carbocycles. The fourth-order valence-electron chi connectivity index (χ4n) is 2.87. The highest BCUT2D eigenvalue weighted by atomic mass is 15.3. The summed E-state index contributed by atoms with van der Waals surface area (Å²) >= 11 is 0. The summed E-state index contributed by atoms with van der Waals surface area (Å²) in [5.41, 5.74) is 4.22. The number of hydrogen-bond acceptors (Lipinski definition) is 3. The molecule has 0 saturated heterocycles. The second-order valence-electron chi connectivity index (χ2n) is 5.83. The molecule has 1 atom stereocenters. The SMILES string of the molecule is Bc1cnn2c(NCc3ccc[nH]3)cc(C3C=CC=CC3)nc12. The first kappa shape index (κ1) is 13.9. The number of nitrogens with zero attached hydrogens (tertiary/aromatic N) is 3. The van der Waals surface area contributed by atoms with Gasteiger partial charge in [-0.25, -0.2) is 4.98 Å². The third-order valence-electron chi connectivity index (χ3n) is 4.15. The molecule has 0 bridgehead atoms. The second-order valence-corrected chi connectivity index (χ2v) is 5.83. The standard InChI is InChI=1S/C17H18BN5/c18-14-11-21-23-16(20-10-13-7-4-8-19-13)9-15(22-17(14)23)12-5-2-1-3-6-12/h1-5,7-9,11-12,19-20H,6,10,18H2. The van der Waals surface area contributed by atoms with Gasteiger partial charge >= 0.3 is 0 Å². The maximum absolute atomic E-state index is 4.83. The van der Waals surface area contributed by atoms with Crippen LogP contribution in [-0.4, -0.2) is 27.4 Å². The van der Waals surface area contributed by atoms with Gasteiger partial charge in [0.25, 0.3) is 0 Å². The minimum atomic E-state index is 0.324. The maximum atomic E-state index is 4.83. The summed E-state index contributed by atoms with van der Waals surface area (Å²) < 4.78 is 1.88. The van der Waals surface area contributed by atoms with E-state index in [-0.39, 0.29) is 0 Å². The fourth-order valence-corrected chi connectivity index (χ4v) is 2.87. The van der Waals surface area contributed by atoms with E-state index in [9.17, 15) is 0 Å². The van der Waals surface area contributed by atoms with Crippen LogP contribution in [0.1, 0.15) is 23.7 Å². The van der Waals surface area contributed by atoms with Gasteiger partial charge in [-0.1, -0.05) is 24.3 Å². The number of hydrogen-bond donors (Lipinski definition) is 2. The predicted molar refractivity (Wildman–Crippen MR) is 94.9 cm³/mol. The molecule has 1 aliphatic rings. The van der Waals surface area contributed by atoms with Crippen LogP contribution in [0.5, 0.6) is 0 Å². The lowest BCUT2D eigenvalue weighted by Gasteiger charge is -2.16.